The summed E-state index contributed by atoms with van der Waals surface area (Å²) in [6.07, 6.45) is 7.74. The van der Waals surface area contributed by atoms with Crippen molar-refractivity contribution in [1.29, 1.82) is 5.26 Å². The van der Waals surface area contributed by atoms with Gasteiger partial charge in [-0.3, -0.25) is 14.4 Å². The number of nitrogens with zero attached hydrogens (tertiary/aromatic N) is 2. The molecule has 0 spiro atoms. The summed E-state index contributed by atoms with van der Waals surface area (Å²) in [5, 5.41) is 9.57. The summed E-state index contributed by atoms with van der Waals surface area (Å²) in [5.74, 6) is 0.756. The van der Waals surface area contributed by atoms with Crippen LogP contribution in [-0.4, -0.2) is 40.4 Å². The maximum Gasteiger partial charge on any atom is 0.306 e. The molecule has 4 unspecified atom stereocenters. The zero-order valence-corrected chi connectivity index (χ0v) is 18.8. The normalized spacial score (nSPS) is 40.5. The van der Waals surface area contributed by atoms with Gasteiger partial charge >= 0.3 is 5.97 Å². The molecule has 5 aliphatic rings. The highest BCUT2D eigenvalue weighted by atomic mass is 16.6. The summed E-state index contributed by atoms with van der Waals surface area (Å²) >= 11 is 0. The van der Waals surface area contributed by atoms with Gasteiger partial charge < -0.3 is 15.4 Å². The van der Waals surface area contributed by atoms with E-state index < -0.39 is 11.5 Å². The molecule has 7 heteroatoms. The third-order valence-corrected chi connectivity index (χ3v) is 8.42. The van der Waals surface area contributed by atoms with E-state index in [1.165, 1.54) is 0 Å². The minimum Gasteiger partial charge on any atom is -0.459 e. The van der Waals surface area contributed by atoms with Crippen molar-refractivity contribution in [3.63, 3.8) is 0 Å². The highest BCUT2D eigenvalue weighted by Gasteiger charge is 2.60. The number of ether oxygens (including phenoxy) is 1. The molecule has 170 valence electrons. The molecule has 31 heavy (non-hydrogen) atoms. The maximum absolute atomic E-state index is 13.4. The average Bonchev–Trinajstić information content (AvgIpc) is 2.93. The van der Waals surface area contributed by atoms with E-state index in [4.69, 9.17) is 10.5 Å². The lowest BCUT2D eigenvalue weighted by atomic mass is 9.47. The van der Waals surface area contributed by atoms with Crippen LogP contribution in [0.25, 0.3) is 0 Å². The lowest BCUT2D eigenvalue weighted by molar-refractivity contribution is -0.203. The van der Waals surface area contributed by atoms with E-state index in [-0.39, 0.29) is 42.2 Å². The molecule has 0 aromatic rings. The summed E-state index contributed by atoms with van der Waals surface area (Å²) in [7, 11) is 0. The van der Waals surface area contributed by atoms with Crippen molar-refractivity contribution in [3.05, 3.63) is 0 Å². The van der Waals surface area contributed by atoms with Crippen molar-refractivity contribution in [1.82, 2.24) is 4.90 Å². The van der Waals surface area contributed by atoms with Crippen LogP contribution in [0.3, 0.4) is 0 Å². The Morgan fingerprint density at radius 2 is 1.77 bits per heavy atom. The highest BCUT2D eigenvalue weighted by molar-refractivity contribution is 5.79. The number of primary amides is 1. The molecule has 4 aliphatic carbocycles. The van der Waals surface area contributed by atoms with Crippen LogP contribution in [0.1, 0.15) is 84.5 Å². The van der Waals surface area contributed by atoms with Crippen LogP contribution < -0.4 is 5.73 Å². The number of esters is 1. The predicted octanol–water partition coefficient (Wildman–Crippen LogP) is 3.06. The molecular formula is C24H35N3O4. The minimum atomic E-state index is -0.466. The quantitative estimate of drug-likeness (QED) is 0.625. The van der Waals surface area contributed by atoms with Crippen molar-refractivity contribution in [2.75, 3.05) is 0 Å². The van der Waals surface area contributed by atoms with E-state index in [2.05, 4.69) is 19.9 Å². The van der Waals surface area contributed by atoms with E-state index in [9.17, 15) is 19.6 Å². The molecule has 7 nitrogen and oxygen atoms in total. The molecule has 0 aromatic carbocycles. The van der Waals surface area contributed by atoms with Crippen LogP contribution >= 0.6 is 0 Å². The molecule has 0 aromatic heterocycles. The van der Waals surface area contributed by atoms with Gasteiger partial charge in [-0.1, -0.05) is 6.92 Å². The summed E-state index contributed by atoms with van der Waals surface area (Å²) < 4.78 is 6.08. The summed E-state index contributed by atoms with van der Waals surface area (Å²) in [4.78, 5) is 38.7. The molecule has 1 saturated heterocycles. The van der Waals surface area contributed by atoms with Gasteiger partial charge in [0.1, 0.15) is 11.6 Å². The molecule has 1 heterocycles. The first-order valence-electron chi connectivity index (χ1n) is 11.9. The first kappa shape index (κ1) is 22.1. The topological polar surface area (TPSA) is 113 Å². The number of amides is 2. The monoisotopic (exact) mass is 429 g/mol. The van der Waals surface area contributed by atoms with Gasteiger partial charge in [0.2, 0.25) is 11.8 Å². The lowest BCUT2D eigenvalue weighted by Gasteiger charge is -2.61. The maximum atomic E-state index is 13.4. The average molecular weight is 430 g/mol. The van der Waals surface area contributed by atoms with Crippen LogP contribution in [0.15, 0.2) is 0 Å². The van der Waals surface area contributed by atoms with Crippen LogP contribution in [0.2, 0.25) is 0 Å². The van der Waals surface area contributed by atoms with E-state index >= 15 is 0 Å². The number of hydrogen-bond donors (Lipinski definition) is 1. The van der Waals surface area contributed by atoms with Gasteiger partial charge in [-0.25, -0.2) is 0 Å². The fourth-order valence-corrected chi connectivity index (χ4v) is 7.54. The van der Waals surface area contributed by atoms with Crippen LogP contribution in [0.4, 0.5) is 0 Å². The zero-order valence-electron chi connectivity index (χ0n) is 18.8. The molecular weight excluding hydrogens is 394 g/mol. The number of nitriles is 1. The smallest absolute Gasteiger partial charge is 0.306 e. The SMILES string of the molecule is CC1CC(C#N)N(C(=O)CC23CC4CC(C2)CC(OC(=O)CCCC(N)=O)(C4)C3)[C@H]1C. The van der Waals surface area contributed by atoms with Gasteiger partial charge in [0.05, 0.1) is 6.07 Å². The molecule has 1 aliphatic heterocycles. The molecule has 0 radical (unpaired) electrons. The summed E-state index contributed by atoms with van der Waals surface area (Å²) in [5.41, 5.74) is 4.58. The van der Waals surface area contributed by atoms with Crippen molar-refractivity contribution >= 4 is 17.8 Å². The first-order valence-corrected chi connectivity index (χ1v) is 11.9. The Kier molecular flexibility index (Phi) is 5.78. The Balaban J connectivity index is 1.45. The van der Waals surface area contributed by atoms with Crippen LogP contribution in [0, 0.1) is 34.5 Å². The second kappa shape index (κ2) is 8.11. The highest BCUT2D eigenvalue weighted by Crippen LogP contribution is 2.64. The summed E-state index contributed by atoms with van der Waals surface area (Å²) in [6.45, 7) is 4.16. The number of nitrogens with two attached hydrogens (primary N) is 1. The number of likely N-dealkylation sites (tertiary alicyclic amines) is 1. The van der Waals surface area contributed by atoms with Gasteiger partial charge in [0.15, 0.2) is 0 Å². The molecule has 4 bridgehead atoms. The van der Waals surface area contributed by atoms with Gasteiger partial charge in [0.25, 0.3) is 0 Å². The van der Waals surface area contributed by atoms with Crippen LogP contribution in [-0.2, 0) is 19.1 Å². The van der Waals surface area contributed by atoms with Gasteiger partial charge in [-0.15, -0.1) is 0 Å². The van der Waals surface area contributed by atoms with Crippen molar-refractivity contribution in [2.45, 2.75) is 102 Å². The Labute approximate surface area is 184 Å². The second-order valence-electron chi connectivity index (χ2n) is 11.0. The largest absolute Gasteiger partial charge is 0.459 e. The van der Waals surface area contributed by atoms with Gasteiger partial charge in [-0.05, 0) is 81.5 Å². The lowest BCUT2D eigenvalue weighted by Crippen LogP contribution is -2.58. The molecule has 5 fully saturated rings. The molecule has 2 amide bonds. The van der Waals surface area contributed by atoms with E-state index in [1.807, 2.05) is 4.90 Å². The molecule has 5 rings (SSSR count). The Bertz CT molecular complexity index is 789. The summed E-state index contributed by atoms with van der Waals surface area (Å²) in [6, 6.07) is 2.08. The van der Waals surface area contributed by atoms with Crippen LogP contribution in [0.5, 0.6) is 0 Å². The third kappa shape index (κ3) is 4.31. The second-order valence-corrected chi connectivity index (χ2v) is 11.0. The van der Waals surface area contributed by atoms with E-state index in [0.29, 0.717) is 30.6 Å². The minimum absolute atomic E-state index is 0.0862. The first-order chi connectivity index (χ1) is 14.6. The van der Waals surface area contributed by atoms with Gasteiger partial charge in [0, 0.05) is 25.3 Å². The number of carbonyl (C=O) groups excluding carboxylic acids is 3. The van der Waals surface area contributed by atoms with Crippen molar-refractivity contribution in [3.8, 4) is 6.07 Å². The van der Waals surface area contributed by atoms with E-state index in [0.717, 1.165) is 44.9 Å². The standard InChI is InChI=1S/C24H35N3O4/c1-15-6-19(13-25)27(16(15)2)21(29)12-23-8-17-7-18(9-23)11-24(10-17,14-23)31-22(30)5-3-4-20(26)28/h15-19H,3-12,14H2,1-2H3,(H2,26,28)/t15?,16-,17?,18?,19?,23?,24?/m0/s1. The Hall–Kier alpha value is -2.10. The zero-order chi connectivity index (χ0) is 22.4. The fraction of sp³-hybridized carbons (Fsp3) is 0.833. The predicted molar refractivity (Wildman–Crippen MR) is 113 cm³/mol. The number of carbonyl (C=O) groups is 3. The molecule has 4 saturated carbocycles. The fourth-order valence-electron chi connectivity index (χ4n) is 7.54. The molecule has 2 N–H and O–H groups in total. The third-order valence-electron chi connectivity index (χ3n) is 8.42. The number of hydrogen-bond acceptors (Lipinski definition) is 5. The van der Waals surface area contributed by atoms with Crippen molar-refractivity contribution < 1.29 is 19.1 Å². The van der Waals surface area contributed by atoms with E-state index in [1.54, 1.807) is 0 Å². The number of rotatable bonds is 7. The Morgan fingerprint density at radius 1 is 1.10 bits per heavy atom. The molecule has 5 atom stereocenters. The van der Waals surface area contributed by atoms with Gasteiger partial charge in [-0.2, -0.15) is 5.26 Å². The van der Waals surface area contributed by atoms with Crippen molar-refractivity contribution in [2.24, 2.45) is 28.9 Å². The Morgan fingerprint density at radius 3 is 2.39 bits per heavy atom.